The molecule has 7 nitrogen and oxygen atoms in total. The molecule has 146 valence electrons. The molecule has 1 unspecified atom stereocenters. The number of likely N-dealkylation sites (tertiary alicyclic amines) is 1. The van der Waals surface area contributed by atoms with Crippen LogP contribution in [0.3, 0.4) is 0 Å². The third-order valence-electron chi connectivity index (χ3n) is 4.91. The van der Waals surface area contributed by atoms with Crippen molar-refractivity contribution in [3.8, 4) is 0 Å². The summed E-state index contributed by atoms with van der Waals surface area (Å²) in [5, 5.41) is 3.17. The van der Waals surface area contributed by atoms with Crippen LogP contribution in [-0.2, 0) is 4.79 Å². The van der Waals surface area contributed by atoms with E-state index in [1.165, 1.54) is 5.56 Å². The van der Waals surface area contributed by atoms with E-state index in [-0.39, 0.29) is 11.8 Å². The van der Waals surface area contributed by atoms with Crippen LogP contribution < -0.4 is 5.32 Å². The minimum atomic E-state index is 0.0329. The first-order valence-electron chi connectivity index (χ1n) is 9.64. The fourth-order valence-electron chi connectivity index (χ4n) is 3.46. The van der Waals surface area contributed by atoms with Gasteiger partial charge in [-0.15, -0.1) is 0 Å². The Morgan fingerprint density at radius 2 is 1.97 bits per heavy atom. The SMILES string of the molecule is O=C(/C=C/c1cccnc1)N1CCCC(c2ccnc(Nc3cnccn3)c2)C1. The van der Waals surface area contributed by atoms with E-state index >= 15 is 0 Å². The number of carbonyl (C=O) groups is 1. The van der Waals surface area contributed by atoms with Crippen LogP contribution in [0.4, 0.5) is 11.6 Å². The molecular formula is C22H22N6O. The van der Waals surface area contributed by atoms with Crippen molar-refractivity contribution in [2.45, 2.75) is 18.8 Å². The lowest BCUT2D eigenvalue weighted by atomic mass is 9.91. The molecule has 1 aliphatic heterocycles. The third-order valence-corrected chi connectivity index (χ3v) is 4.91. The first-order valence-corrected chi connectivity index (χ1v) is 9.64. The molecule has 7 heteroatoms. The zero-order chi connectivity index (χ0) is 19.9. The molecule has 1 saturated heterocycles. The minimum absolute atomic E-state index is 0.0329. The van der Waals surface area contributed by atoms with Crippen molar-refractivity contribution in [1.82, 2.24) is 24.8 Å². The maximum absolute atomic E-state index is 12.6. The highest BCUT2D eigenvalue weighted by Gasteiger charge is 2.24. The van der Waals surface area contributed by atoms with E-state index in [0.717, 1.165) is 30.8 Å². The van der Waals surface area contributed by atoms with Crippen molar-refractivity contribution in [3.05, 3.63) is 78.6 Å². The molecule has 4 heterocycles. The standard InChI is InChI=1S/C22H22N6O/c29-22(6-5-17-3-1-8-23-14-17)28-12-2-4-19(16-28)18-7-9-25-20(13-18)27-21-15-24-10-11-26-21/h1,3,5-11,13-15,19H,2,4,12,16H2,(H,25,26,27)/b6-5+. The van der Waals surface area contributed by atoms with Gasteiger partial charge in [0.25, 0.3) is 0 Å². The second-order valence-corrected chi connectivity index (χ2v) is 6.93. The Balaban J connectivity index is 1.42. The van der Waals surface area contributed by atoms with Gasteiger partial charge in [0, 0.05) is 56.1 Å². The van der Waals surface area contributed by atoms with Crippen molar-refractivity contribution in [2.75, 3.05) is 18.4 Å². The molecule has 0 saturated carbocycles. The quantitative estimate of drug-likeness (QED) is 0.677. The molecule has 0 spiro atoms. The summed E-state index contributed by atoms with van der Waals surface area (Å²) in [7, 11) is 0. The van der Waals surface area contributed by atoms with Crippen LogP contribution >= 0.6 is 0 Å². The van der Waals surface area contributed by atoms with E-state index in [9.17, 15) is 4.79 Å². The van der Waals surface area contributed by atoms with Crippen molar-refractivity contribution in [3.63, 3.8) is 0 Å². The average Bonchev–Trinajstić information content (AvgIpc) is 2.79. The van der Waals surface area contributed by atoms with Crippen LogP contribution in [0.25, 0.3) is 6.08 Å². The van der Waals surface area contributed by atoms with E-state index in [1.54, 1.807) is 43.3 Å². The summed E-state index contributed by atoms with van der Waals surface area (Å²) in [6, 6.07) is 7.83. The van der Waals surface area contributed by atoms with Crippen molar-refractivity contribution in [2.24, 2.45) is 0 Å². The highest BCUT2D eigenvalue weighted by molar-refractivity contribution is 5.91. The summed E-state index contributed by atoms with van der Waals surface area (Å²) in [6.07, 6.45) is 15.6. The maximum atomic E-state index is 12.6. The zero-order valence-corrected chi connectivity index (χ0v) is 16.0. The van der Waals surface area contributed by atoms with Gasteiger partial charge in [-0.25, -0.2) is 9.97 Å². The first-order chi connectivity index (χ1) is 14.3. The van der Waals surface area contributed by atoms with E-state index in [4.69, 9.17) is 0 Å². The summed E-state index contributed by atoms with van der Waals surface area (Å²) in [6.45, 7) is 1.48. The smallest absolute Gasteiger partial charge is 0.246 e. The molecule has 3 aromatic rings. The van der Waals surface area contributed by atoms with Gasteiger partial charge in [-0.05, 0) is 48.2 Å². The van der Waals surface area contributed by atoms with E-state index in [0.29, 0.717) is 12.4 Å². The van der Waals surface area contributed by atoms with Gasteiger partial charge in [-0.3, -0.25) is 14.8 Å². The highest BCUT2D eigenvalue weighted by Crippen LogP contribution is 2.28. The number of nitrogens with one attached hydrogen (secondary N) is 1. The summed E-state index contributed by atoms with van der Waals surface area (Å²) in [4.78, 5) is 31.3. The molecule has 1 amide bonds. The Labute approximate surface area is 169 Å². The molecule has 1 N–H and O–H groups in total. The molecule has 29 heavy (non-hydrogen) atoms. The number of pyridine rings is 2. The van der Waals surface area contributed by atoms with Gasteiger partial charge >= 0.3 is 0 Å². The van der Waals surface area contributed by atoms with Gasteiger partial charge in [-0.1, -0.05) is 6.07 Å². The predicted molar refractivity (Wildman–Crippen MR) is 111 cm³/mol. The number of hydrogen-bond donors (Lipinski definition) is 1. The van der Waals surface area contributed by atoms with Crippen LogP contribution in [0.15, 0.2) is 67.5 Å². The van der Waals surface area contributed by atoms with Crippen molar-refractivity contribution in [1.29, 1.82) is 0 Å². The fourth-order valence-corrected chi connectivity index (χ4v) is 3.46. The van der Waals surface area contributed by atoms with Crippen molar-refractivity contribution >= 4 is 23.6 Å². The largest absolute Gasteiger partial charge is 0.339 e. The molecular weight excluding hydrogens is 364 g/mol. The second-order valence-electron chi connectivity index (χ2n) is 6.93. The van der Waals surface area contributed by atoms with E-state index in [2.05, 4.69) is 25.3 Å². The number of nitrogens with zero attached hydrogens (tertiary/aromatic N) is 5. The molecule has 0 radical (unpaired) electrons. The van der Waals surface area contributed by atoms with Crippen LogP contribution in [0.1, 0.15) is 29.9 Å². The number of aromatic nitrogens is 4. The third kappa shape index (κ3) is 5.01. The van der Waals surface area contributed by atoms with E-state index < -0.39 is 0 Å². The lowest BCUT2D eigenvalue weighted by Crippen LogP contribution is -2.38. The molecule has 1 atom stereocenters. The molecule has 1 fully saturated rings. The van der Waals surface area contributed by atoms with Crippen LogP contribution in [0, 0.1) is 0 Å². The Morgan fingerprint density at radius 3 is 2.79 bits per heavy atom. The lowest BCUT2D eigenvalue weighted by molar-refractivity contribution is -0.127. The Bertz CT molecular complexity index is 977. The number of piperidine rings is 1. The summed E-state index contributed by atoms with van der Waals surface area (Å²) < 4.78 is 0. The molecule has 4 rings (SSSR count). The predicted octanol–water partition coefficient (Wildman–Crippen LogP) is 3.43. The molecule has 0 aliphatic carbocycles. The van der Waals surface area contributed by atoms with Gasteiger partial charge in [0.2, 0.25) is 5.91 Å². The van der Waals surface area contributed by atoms with Gasteiger partial charge < -0.3 is 10.2 Å². The topological polar surface area (TPSA) is 83.9 Å². The van der Waals surface area contributed by atoms with Crippen LogP contribution in [0.5, 0.6) is 0 Å². The number of carbonyl (C=O) groups excluding carboxylic acids is 1. The number of anilines is 2. The summed E-state index contributed by atoms with van der Waals surface area (Å²) in [5.41, 5.74) is 2.09. The number of hydrogen-bond acceptors (Lipinski definition) is 6. The normalized spacial score (nSPS) is 16.7. The van der Waals surface area contributed by atoms with Gasteiger partial charge in [0.1, 0.15) is 11.6 Å². The van der Waals surface area contributed by atoms with Crippen LogP contribution in [-0.4, -0.2) is 43.8 Å². The molecule has 1 aliphatic rings. The maximum Gasteiger partial charge on any atom is 0.246 e. The average molecular weight is 386 g/mol. The van der Waals surface area contributed by atoms with Crippen LogP contribution in [0.2, 0.25) is 0 Å². The lowest BCUT2D eigenvalue weighted by Gasteiger charge is -2.32. The zero-order valence-electron chi connectivity index (χ0n) is 16.0. The molecule has 0 bridgehead atoms. The Kier molecular flexibility index (Phi) is 5.85. The van der Waals surface area contributed by atoms with Gasteiger partial charge in [0.15, 0.2) is 0 Å². The number of amides is 1. The summed E-state index contributed by atoms with van der Waals surface area (Å²) >= 11 is 0. The fraction of sp³-hybridized carbons (Fsp3) is 0.227. The Morgan fingerprint density at radius 1 is 1.07 bits per heavy atom. The van der Waals surface area contributed by atoms with Crippen molar-refractivity contribution < 1.29 is 4.79 Å². The number of rotatable bonds is 5. The first kappa shape index (κ1) is 18.7. The van der Waals surface area contributed by atoms with Gasteiger partial charge in [-0.2, -0.15) is 0 Å². The second kappa shape index (κ2) is 9.05. The van der Waals surface area contributed by atoms with Gasteiger partial charge in [0.05, 0.1) is 6.20 Å². The molecule has 0 aromatic carbocycles. The summed E-state index contributed by atoms with van der Waals surface area (Å²) in [5.74, 6) is 1.69. The molecule has 3 aromatic heterocycles. The Hall–Kier alpha value is -3.61. The van der Waals surface area contributed by atoms with E-state index in [1.807, 2.05) is 35.2 Å². The highest BCUT2D eigenvalue weighted by atomic mass is 16.2. The monoisotopic (exact) mass is 386 g/mol. The minimum Gasteiger partial charge on any atom is -0.339 e.